The lowest BCUT2D eigenvalue weighted by atomic mass is 9.98. The van der Waals surface area contributed by atoms with Gasteiger partial charge in [0.25, 0.3) is 0 Å². The van der Waals surface area contributed by atoms with Gasteiger partial charge < -0.3 is 0 Å². The molecule has 0 amide bonds. The van der Waals surface area contributed by atoms with Gasteiger partial charge in [0.05, 0.1) is 9.79 Å². The topological polar surface area (TPSA) is 34.1 Å². The van der Waals surface area contributed by atoms with Crippen LogP contribution in [0.1, 0.15) is 61.8 Å². The quantitative estimate of drug-likeness (QED) is 0.754. The molecule has 0 aliphatic rings. The van der Waals surface area contributed by atoms with E-state index >= 15 is 0 Å². The minimum absolute atomic E-state index is 0.301. The van der Waals surface area contributed by atoms with Crippen LogP contribution in [0.5, 0.6) is 0 Å². The molecular formula is C20H26O2S. The van der Waals surface area contributed by atoms with Crippen molar-refractivity contribution < 1.29 is 8.42 Å². The van der Waals surface area contributed by atoms with Gasteiger partial charge in [-0.3, -0.25) is 0 Å². The highest BCUT2D eigenvalue weighted by Crippen LogP contribution is 2.29. The number of hydrogen-bond donors (Lipinski definition) is 0. The zero-order valence-electron chi connectivity index (χ0n) is 14.8. The molecule has 0 unspecified atom stereocenters. The molecule has 0 radical (unpaired) electrons. The van der Waals surface area contributed by atoms with Crippen LogP contribution in [0.15, 0.2) is 46.2 Å². The second kappa shape index (κ2) is 6.48. The molecule has 23 heavy (non-hydrogen) atoms. The molecular weight excluding hydrogens is 304 g/mol. The van der Waals surface area contributed by atoms with Gasteiger partial charge >= 0.3 is 0 Å². The summed E-state index contributed by atoms with van der Waals surface area (Å²) in [5.41, 5.74) is 4.43. The van der Waals surface area contributed by atoms with E-state index in [1.54, 1.807) is 18.2 Å². The zero-order valence-corrected chi connectivity index (χ0v) is 15.7. The van der Waals surface area contributed by atoms with Crippen LogP contribution >= 0.6 is 0 Å². The highest BCUT2D eigenvalue weighted by Gasteiger charge is 2.20. The fourth-order valence-electron chi connectivity index (χ4n) is 3.01. The molecule has 0 heterocycles. The SMILES string of the molecule is Cc1cc(S(=O)(=O)c2ccc(C)c(C(C)C)c2)ccc1C(C)C. The number of hydrogen-bond acceptors (Lipinski definition) is 2. The average molecular weight is 330 g/mol. The van der Waals surface area contributed by atoms with Crippen LogP contribution in [0.2, 0.25) is 0 Å². The van der Waals surface area contributed by atoms with Crippen LogP contribution in [-0.2, 0) is 9.84 Å². The van der Waals surface area contributed by atoms with Gasteiger partial charge in [0.1, 0.15) is 0 Å². The molecule has 124 valence electrons. The minimum Gasteiger partial charge on any atom is -0.219 e. The Kier molecular flexibility index (Phi) is 5.00. The molecule has 0 saturated carbocycles. The minimum atomic E-state index is -3.48. The lowest BCUT2D eigenvalue weighted by Gasteiger charge is -2.14. The van der Waals surface area contributed by atoms with Crippen molar-refractivity contribution in [2.75, 3.05) is 0 Å². The maximum Gasteiger partial charge on any atom is 0.206 e. The van der Waals surface area contributed by atoms with Crippen LogP contribution in [-0.4, -0.2) is 8.42 Å². The number of benzene rings is 2. The van der Waals surface area contributed by atoms with E-state index in [1.807, 2.05) is 32.0 Å². The predicted octanol–water partition coefficient (Wildman–Crippen LogP) is 5.38. The van der Waals surface area contributed by atoms with Crippen molar-refractivity contribution in [2.24, 2.45) is 0 Å². The van der Waals surface area contributed by atoms with Crippen LogP contribution in [0.25, 0.3) is 0 Å². The zero-order chi connectivity index (χ0) is 17.4. The average Bonchev–Trinajstić information content (AvgIpc) is 2.46. The van der Waals surface area contributed by atoms with Crippen LogP contribution in [0, 0.1) is 13.8 Å². The second-order valence-electron chi connectivity index (χ2n) is 6.85. The summed E-state index contributed by atoms with van der Waals surface area (Å²) in [6, 6.07) is 10.9. The van der Waals surface area contributed by atoms with Crippen molar-refractivity contribution in [3.05, 3.63) is 58.7 Å². The number of rotatable bonds is 4. The van der Waals surface area contributed by atoms with Crippen molar-refractivity contribution >= 4 is 9.84 Å². The van der Waals surface area contributed by atoms with Gasteiger partial charge in [-0.05, 0) is 72.2 Å². The van der Waals surface area contributed by atoms with E-state index in [9.17, 15) is 8.42 Å². The Morgan fingerprint density at radius 1 is 0.696 bits per heavy atom. The number of sulfone groups is 1. The summed E-state index contributed by atoms with van der Waals surface area (Å²) in [4.78, 5) is 0.751. The molecule has 2 rings (SSSR count). The summed E-state index contributed by atoms with van der Waals surface area (Å²) in [6.45, 7) is 12.4. The molecule has 0 aromatic heterocycles. The largest absolute Gasteiger partial charge is 0.219 e. The van der Waals surface area contributed by atoms with Crippen molar-refractivity contribution in [1.29, 1.82) is 0 Å². The van der Waals surface area contributed by atoms with Gasteiger partial charge in [0.2, 0.25) is 9.84 Å². The summed E-state index contributed by atoms with van der Waals surface area (Å²) in [7, 11) is -3.48. The summed E-state index contributed by atoms with van der Waals surface area (Å²) in [5.74, 6) is 0.689. The van der Waals surface area contributed by atoms with Gasteiger partial charge in [0.15, 0.2) is 0 Å². The number of aryl methyl sites for hydroxylation is 2. The summed E-state index contributed by atoms with van der Waals surface area (Å²) >= 11 is 0. The molecule has 0 atom stereocenters. The molecule has 0 spiro atoms. The first-order valence-electron chi connectivity index (χ1n) is 8.10. The van der Waals surface area contributed by atoms with Crippen molar-refractivity contribution in [1.82, 2.24) is 0 Å². The molecule has 0 bridgehead atoms. The van der Waals surface area contributed by atoms with E-state index in [0.717, 1.165) is 16.7 Å². The van der Waals surface area contributed by atoms with Gasteiger partial charge in [0, 0.05) is 0 Å². The van der Waals surface area contributed by atoms with E-state index in [0.29, 0.717) is 21.6 Å². The molecule has 0 fully saturated rings. The monoisotopic (exact) mass is 330 g/mol. The van der Waals surface area contributed by atoms with Crippen LogP contribution < -0.4 is 0 Å². The Hall–Kier alpha value is -1.61. The molecule has 3 heteroatoms. The Labute approximate surface area is 140 Å². The van der Waals surface area contributed by atoms with E-state index in [1.165, 1.54) is 5.56 Å². The Bertz CT molecular complexity index is 816. The van der Waals surface area contributed by atoms with Crippen molar-refractivity contribution in [3.63, 3.8) is 0 Å². The third-order valence-corrected chi connectivity index (χ3v) is 6.11. The first-order valence-corrected chi connectivity index (χ1v) is 9.59. The molecule has 2 nitrogen and oxygen atoms in total. The fraction of sp³-hybridized carbons (Fsp3) is 0.400. The second-order valence-corrected chi connectivity index (χ2v) is 8.80. The molecule has 0 aliphatic heterocycles. The predicted molar refractivity (Wildman–Crippen MR) is 96.0 cm³/mol. The van der Waals surface area contributed by atoms with Gasteiger partial charge in [-0.2, -0.15) is 0 Å². The third-order valence-electron chi connectivity index (χ3n) is 4.36. The Balaban J connectivity index is 2.55. The standard InChI is InChI=1S/C20H26O2S/c1-13(2)19-10-9-17(11-16(19)6)23(21,22)18-8-7-15(5)20(12-18)14(3)4/h7-14H,1-6H3. The lowest BCUT2D eigenvalue weighted by Crippen LogP contribution is -2.05. The maximum absolute atomic E-state index is 13.0. The maximum atomic E-state index is 13.0. The van der Waals surface area contributed by atoms with Crippen molar-refractivity contribution in [2.45, 2.75) is 63.2 Å². The molecule has 2 aromatic rings. The first-order chi connectivity index (χ1) is 10.6. The Morgan fingerprint density at radius 2 is 1.22 bits per heavy atom. The lowest BCUT2D eigenvalue weighted by molar-refractivity contribution is 0.595. The van der Waals surface area contributed by atoms with E-state index in [4.69, 9.17) is 0 Å². The van der Waals surface area contributed by atoms with E-state index < -0.39 is 9.84 Å². The molecule has 0 saturated heterocycles. The smallest absolute Gasteiger partial charge is 0.206 e. The third kappa shape index (κ3) is 3.50. The first kappa shape index (κ1) is 17.7. The van der Waals surface area contributed by atoms with Gasteiger partial charge in [-0.15, -0.1) is 0 Å². The van der Waals surface area contributed by atoms with E-state index in [-0.39, 0.29) is 0 Å². The summed E-state index contributed by atoms with van der Waals surface area (Å²) in [6.07, 6.45) is 0. The highest BCUT2D eigenvalue weighted by molar-refractivity contribution is 7.91. The molecule has 2 aromatic carbocycles. The van der Waals surface area contributed by atoms with Gasteiger partial charge in [-0.1, -0.05) is 39.8 Å². The van der Waals surface area contributed by atoms with Crippen LogP contribution in [0.4, 0.5) is 0 Å². The normalized spacial score (nSPS) is 12.2. The van der Waals surface area contributed by atoms with E-state index in [2.05, 4.69) is 27.7 Å². The molecule has 0 N–H and O–H groups in total. The molecule has 0 aliphatic carbocycles. The fourth-order valence-corrected chi connectivity index (χ4v) is 4.39. The Morgan fingerprint density at radius 3 is 1.74 bits per heavy atom. The summed E-state index contributed by atoms with van der Waals surface area (Å²) < 4.78 is 25.9. The van der Waals surface area contributed by atoms with Gasteiger partial charge in [-0.25, -0.2) is 8.42 Å². The van der Waals surface area contributed by atoms with Crippen LogP contribution in [0.3, 0.4) is 0 Å². The van der Waals surface area contributed by atoms with Crippen molar-refractivity contribution in [3.8, 4) is 0 Å². The summed E-state index contributed by atoms with van der Waals surface area (Å²) in [5, 5.41) is 0. The highest BCUT2D eigenvalue weighted by atomic mass is 32.2.